The van der Waals surface area contributed by atoms with Gasteiger partial charge in [0.1, 0.15) is 0 Å². The number of aromatic hydroxyl groups is 1. The minimum atomic E-state index is -0.942. The molecule has 6 heteroatoms. The maximum Gasteiger partial charge on any atom is 0.257 e. The number of carbonyl (C=O) groups is 1. The summed E-state index contributed by atoms with van der Waals surface area (Å²) >= 11 is 0. The molecule has 1 aromatic carbocycles. The summed E-state index contributed by atoms with van der Waals surface area (Å²) in [5, 5.41) is 28.4. The van der Waals surface area contributed by atoms with E-state index in [1.165, 1.54) is 17.0 Å². The quantitative estimate of drug-likeness (QED) is 0.376. The predicted molar refractivity (Wildman–Crippen MR) is 60.4 cm³/mol. The van der Waals surface area contributed by atoms with Crippen LogP contribution in [0.1, 0.15) is 10.4 Å². The van der Waals surface area contributed by atoms with Crippen LogP contribution in [0.3, 0.4) is 0 Å². The van der Waals surface area contributed by atoms with E-state index in [1.807, 2.05) is 0 Å². The molecule has 17 heavy (non-hydrogen) atoms. The molecule has 1 heterocycles. The number of β-amino-alcohol motifs (C(OH)–C–C–N with tert-alkyl or cyclic N) is 2. The molecular weight excluding hydrogens is 224 g/mol. The molecule has 6 nitrogen and oxygen atoms in total. The third-order valence-electron chi connectivity index (χ3n) is 2.84. The zero-order valence-corrected chi connectivity index (χ0v) is 9.08. The fourth-order valence-electron chi connectivity index (χ4n) is 1.84. The van der Waals surface area contributed by atoms with Gasteiger partial charge in [-0.1, -0.05) is 6.07 Å². The number of carbonyl (C=O) groups excluding carboxylic acids is 1. The van der Waals surface area contributed by atoms with Crippen molar-refractivity contribution in [3.63, 3.8) is 0 Å². The summed E-state index contributed by atoms with van der Waals surface area (Å²) in [7, 11) is 0. The highest BCUT2D eigenvalue weighted by molar-refractivity contribution is 5.98. The average Bonchev–Trinajstić information content (AvgIpc) is 2.62. The number of nitrogen functional groups attached to an aromatic ring is 1. The third-order valence-corrected chi connectivity index (χ3v) is 2.84. The van der Waals surface area contributed by atoms with Gasteiger partial charge in [0.25, 0.3) is 5.91 Å². The second-order valence-electron chi connectivity index (χ2n) is 4.09. The smallest absolute Gasteiger partial charge is 0.257 e. The van der Waals surface area contributed by atoms with E-state index in [9.17, 15) is 20.1 Å². The van der Waals surface area contributed by atoms with Crippen LogP contribution in [-0.4, -0.2) is 51.4 Å². The molecule has 1 saturated heterocycles. The number of hydrogen-bond donors (Lipinski definition) is 4. The Morgan fingerprint density at radius 2 is 1.88 bits per heavy atom. The van der Waals surface area contributed by atoms with Gasteiger partial charge >= 0.3 is 0 Å². The van der Waals surface area contributed by atoms with Gasteiger partial charge in [-0.3, -0.25) is 4.79 Å². The molecule has 0 unspecified atom stereocenters. The van der Waals surface area contributed by atoms with Crippen molar-refractivity contribution < 1.29 is 20.1 Å². The molecule has 0 saturated carbocycles. The molecule has 92 valence electrons. The van der Waals surface area contributed by atoms with Crippen molar-refractivity contribution in [2.24, 2.45) is 0 Å². The van der Waals surface area contributed by atoms with E-state index in [4.69, 9.17) is 5.73 Å². The van der Waals surface area contributed by atoms with Gasteiger partial charge in [-0.05, 0) is 12.1 Å². The highest BCUT2D eigenvalue weighted by Gasteiger charge is 2.33. The summed E-state index contributed by atoms with van der Waals surface area (Å²) in [6.07, 6.45) is -1.88. The normalized spacial score (nSPS) is 24.0. The standard InChI is InChI=1S/C11H14N2O4/c12-7-3-1-2-6(10(7)16)11(17)13-4-8(14)9(15)5-13/h1-3,8-9,14-16H,4-5,12H2/t8-,9+. The Balaban J connectivity index is 2.24. The Bertz CT molecular complexity index is 439. The van der Waals surface area contributed by atoms with E-state index in [0.717, 1.165) is 0 Å². The van der Waals surface area contributed by atoms with Gasteiger partial charge in [0.2, 0.25) is 0 Å². The van der Waals surface area contributed by atoms with Gasteiger partial charge < -0.3 is 26.0 Å². The van der Waals surface area contributed by atoms with Crippen LogP contribution in [0.25, 0.3) is 0 Å². The monoisotopic (exact) mass is 238 g/mol. The molecule has 2 atom stereocenters. The van der Waals surface area contributed by atoms with E-state index < -0.39 is 18.1 Å². The number of rotatable bonds is 1. The van der Waals surface area contributed by atoms with Crippen molar-refractivity contribution in [3.8, 4) is 5.75 Å². The summed E-state index contributed by atoms with van der Waals surface area (Å²) < 4.78 is 0. The highest BCUT2D eigenvalue weighted by atomic mass is 16.3. The number of hydrogen-bond acceptors (Lipinski definition) is 5. The van der Waals surface area contributed by atoms with Crippen LogP contribution in [0.2, 0.25) is 0 Å². The molecule has 1 amide bonds. The lowest BCUT2D eigenvalue weighted by Gasteiger charge is -2.16. The maximum atomic E-state index is 12.0. The van der Waals surface area contributed by atoms with Gasteiger partial charge in [-0.25, -0.2) is 0 Å². The van der Waals surface area contributed by atoms with Crippen molar-refractivity contribution in [2.75, 3.05) is 18.8 Å². The predicted octanol–water partition coefficient (Wildman–Crippen LogP) is -0.848. The number of nitrogens with two attached hydrogens (primary N) is 1. The number of aliphatic hydroxyl groups is 2. The van der Waals surface area contributed by atoms with Crippen molar-refractivity contribution >= 4 is 11.6 Å². The SMILES string of the molecule is Nc1cccc(C(=O)N2C[C@@H](O)[C@@H](O)C2)c1O. The molecular formula is C11H14N2O4. The van der Waals surface area contributed by atoms with E-state index >= 15 is 0 Å². The van der Waals surface area contributed by atoms with Gasteiger partial charge in [0.15, 0.2) is 5.75 Å². The number of anilines is 1. The molecule has 1 aliphatic heterocycles. The summed E-state index contributed by atoms with van der Waals surface area (Å²) in [5.41, 5.74) is 5.69. The minimum absolute atomic E-state index is 0.0498. The van der Waals surface area contributed by atoms with Crippen LogP contribution in [0.4, 0.5) is 5.69 Å². The fraction of sp³-hybridized carbons (Fsp3) is 0.364. The second kappa shape index (κ2) is 4.23. The Hall–Kier alpha value is -1.79. The van der Waals surface area contributed by atoms with Crippen molar-refractivity contribution in [2.45, 2.75) is 12.2 Å². The first kappa shape index (κ1) is 11.7. The molecule has 0 bridgehead atoms. The van der Waals surface area contributed by atoms with Crippen molar-refractivity contribution in [1.29, 1.82) is 0 Å². The Morgan fingerprint density at radius 3 is 2.47 bits per heavy atom. The first-order chi connectivity index (χ1) is 8.00. The maximum absolute atomic E-state index is 12.0. The van der Waals surface area contributed by atoms with E-state index in [0.29, 0.717) is 0 Å². The Morgan fingerprint density at radius 1 is 1.29 bits per heavy atom. The molecule has 2 rings (SSSR count). The zero-order valence-electron chi connectivity index (χ0n) is 9.08. The molecule has 0 radical (unpaired) electrons. The van der Waals surface area contributed by atoms with E-state index in [2.05, 4.69) is 0 Å². The van der Waals surface area contributed by atoms with Gasteiger partial charge in [0.05, 0.1) is 23.5 Å². The molecule has 1 aliphatic rings. The van der Waals surface area contributed by atoms with Crippen LogP contribution in [0, 0.1) is 0 Å². The van der Waals surface area contributed by atoms with Crippen molar-refractivity contribution in [1.82, 2.24) is 4.90 Å². The van der Waals surface area contributed by atoms with E-state index in [1.54, 1.807) is 6.07 Å². The number of likely N-dealkylation sites (tertiary alicyclic amines) is 1. The van der Waals surface area contributed by atoms with E-state index in [-0.39, 0.29) is 30.1 Å². The summed E-state index contributed by atoms with van der Waals surface area (Å²) in [6, 6.07) is 4.50. The summed E-state index contributed by atoms with van der Waals surface area (Å²) in [4.78, 5) is 13.3. The molecule has 5 N–H and O–H groups in total. The lowest BCUT2D eigenvalue weighted by molar-refractivity contribution is 0.0572. The van der Waals surface area contributed by atoms with Crippen LogP contribution >= 0.6 is 0 Å². The Kier molecular flexibility index (Phi) is 2.91. The first-order valence-corrected chi connectivity index (χ1v) is 5.23. The lowest BCUT2D eigenvalue weighted by atomic mass is 10.1. The lowest BCUT2D eigenvalue weighted by Crippen LogP contribution is -2.29. The minimum Gasteiger partial charge on any atom is -0.505 e. The number of para-hydroxylation sites is 1. The van der Waals surface area contributed by atoms with Crippen LogP contribution < -0.4 is 5.73 Å². The third kappa shape index (κ3) is 2.04. The van der Waals surface area contributed by atoms with Crippen LogP contribution in [0.5, 0.6) is 5.75 Å². The van der Waals surface area contributed by atoms with Crippen LogP contribution in [0.15, 0.2) is 18.2 Å². The van der Waals surface area contributed by atoms with Gasteiger partial charge in [0, 0.05) is 13.1 Å². The first-order valence-electron chi connectivity index (χ1n) is 5.23. The summed E-state index contributed by atoms with van der Waals surface area (Å²) in [5.74, 6) is -0.723. The van der Waals surface area contributed by atoms with Gasteiger partial charge in [-0.2, -0.15) is 0 Å². The number of nitrogens with zero attached hydrogens (tertiary/aromatic N) is 1. The number of benzene rings is 1. The molecule has 1 fully saturated rings. The largest absolute Gasteiger partial charge is 0.505 e. The van der Waals surface area contributed by atoms with Crippen molar-refractivity contribution in [3.05, 3.63) is 23.8 Å². The highest BCUT2D eigenvalue weighted by Crippen LogP contribution is 2.26. The number of amides is 1. The van der Waals surface area contributed by atoms with Gasteiger partial charge in [-0.15, -0.1) is 0 Å². The van der Waals surface area contributed by atoms with Crippen LogP contribution in [-0.2, 0) is 0 Å². The topological polar surface area (TPSA) is 107 Å². The molecule has 1 aromatic rings. The second-order valence-corrected chi connectivity index (χ2v) is 4.09. The Labute approximate surface area is 97.9 Å². The fourth-order valence-corrected chi connectivity index (χ4v) is 1.84. The zero-order chi connectivity index (χ0) is 12.6. The number of phenols is 1. The number of aliphatic hydroxyl groups excluding tert-OH is 2. The number of phenolic OH excluding ortho intramolecular Hbond substituents is 1. The average molecular weight is 238 g/mol. The molecule has 0 spiro atoms. The molecule has 0 aromatic heterocycles. The summed E-state index contributed by atoms with van der Waals surface area (Å²) in [6.45, 7) is 0.0997. The molecule has 0 aliphatic carbocycles.